The lowest BCUT2D eigenvalue weighted by atomic mass is 9.99. The van der Waals surface area contributed by atoms with Crippen molar-refractivity contribution in [3.05, 3.63) is 29.8 Å². The maximum Gasteiger partial charge on any atom is 0.211 e. The van der Waals surface area contributed by atoms with E-state index >= 15 is 0 Å². The largest absolute Gasteiger partial charge is 0.378 e. The molecule has 23 heavy (non-hydrogen) atoms. The lowest BCUT2D eigenvalue weighted by Crippen LogP contribution is -2.42. The summed E-state index contributed by atoms with van der Waals surface area (Å²) in [4.78, 5) is 4.40. The van der Waals surface area contributed by atoms with E-state index in [1.807, 2.05) is 14.1 Å². The van der Waals surface area contributed by atoms with E-state index in [1.54, 1.807) is 4.31 Å². The van der Waals surface area contributed by atoms with Crippen molar-refractivity contribution in [2.24, 2.45) is 5.92 Å². The van der Waals surface area contributed by atoms with Crippen molar-refractivity contribution in [1.82, 2.24) is 9.21 Å². The SMILES string of the molecule is CN(Cc1cccc(N(C)C)c1)C[C@@H]1CCCN(S(C)(=O)=O)C1. The van der Waals surface area contributed by atoms with E-state index in [-0.39, 0.29) is 0 Å². The van der Waals surface area contributed by atoms with Gasteiger partial charge in [0.1, 0.15) is 0 Å². The minimum Gasteiger partial charge on any atom is -0.378 e. The molecule has 1 heterocycles. The quantitative estimate of drug-likeness (QED) is 0.793. The predicted octanol–water partition coefficient (Wildman–Crippen LogP) is 1.86. The van der Waals surface area contributed by atoms with Crippen molar-refractivity contribution in [2.45, 2.75) is 19.4 Å². The number of piperidine rings is 1. The van der Waals surface area contributed by atoms with Crippen molar-refractivity contribution < 1.29 is 8.42 Å². The Bertz CT molecular complexity index is 616. The maximum absolute atomic E-state index is 11.7. The first-order valence-electron chi connectivity index (χ1n) is 8.15. The number of rotatable bonds is 6. The van der Waals surface area contributed by atoms with Gasteiger partial charge in [-0.25, -0.2) is 12.7 Å². The van der Waals surface area contributed by atoms with Gasteiger partial charge in [-0.2, -0.15) is 0 Å². The molecule has 130 valence electrons. The molecule has 0 spiro atoms. The molecule has 0 radical (unpaired) electrons. The molecule has 0 aliphatic carbocycles. The maximum atomic E-state index is 11.7. The lowest BCUT2D eigenvalue weighted by Gasteiger charge is -2.33. The van der Waals surface area contributed by atoms with Gasteiger partial charge in [-0.3, -0.25) is 0 Å². The summed E-state index contributed by atoms with van der Waals surface area (Å²) in [5.41, 5.74) is 2.49. The number of sulfonamides is 1. The van der Waals surface area contributed by atoms with Crippen LogP contribution < -0.4 is 4.90 Å². The molecule has 2 rings (SSSR count). The highest BCUT2D eigenvalue weighted by Crippen LogP contribution is 2.20. The molecule has 0 amide bonds. The number of benzene rings is 1. The fourth-order valence-electron chi connectivity index (χ4n) is 3.23. The van der Waals surface area contributed by atoms with E-state index in [2.05, 4.69) is 41.1 Å². The Kier molecular flexibility index (Phi) is 6.06. The predicted molar refractivity (Wildman–Crippen MR) is 96.2 cm³/mol. The molecule has 1 aliphatic heterocycles. The minimum atomic E-state index is -3.06. The molecular weight excluding hydrogens is 310 g/mol. The van der Waals surface area contributed by atoms with Crippen LogP contribution in [-0.2, 0) is 16.6 Å². The van der Waals surface area contributed by atoms with E-state index in [0.29, 0.717) is 19.0 Å². The Hall–Kier alpha value is -1.11. The van der Waals surface area contributed by atoms with Crippen molar-refractivity contribution in [1.29, 1.82) is 0 Å². The van der Waals surface area contributed by atoms with Crippen LogP contribution in [-0.4, -0.2) is 64.7 Å². The first-order chi connectivity index (χ1) is 10.8. The Morgan fingerprint density at radius 3 is 2.65 bits per heavy atom. The van der Waals surface area contributed by atoms with E-state index in [0.717, 1.165) is 25.9 Å². The molecule has 5 nitrogen and oxygen atoms in total. The molecule has 0 aromatic heterocycles. The molecule has 1 atom stereocenters. The van der Waals surface area contributed by atoms with Gasteiger partial charge in [0.25, 0.3) is 0 Å². The fourth-order valence-corrected chi connectivity index (χ4v) is 4.17. The zero-order chi connectivity index (χ0) is 17.0. The highest BCUT2D eigenvalue weighted by Gasteiger charge is 2.26. The second kappa shape index (κ2) is 7.64. The molecule has 1 aromatic rings. The second-order valence-corrected chi connectivity index (χ2v) is 8.87. The highest BCUT2D eigenvalue weighted by atomic mass is 32.2. The third-order valence-corrected chi connectivity index (χ3v) is 5.67. The van der Waals surface area contributed by atoms with Crippen molar-refractivity contribution in [3.8, 4) is 0 Å². The first-order valence-corrected chi connectivity index (χ1v) is 10.0. The zero-order valence-electron chi connectivity index (χ0n) is 14.7. The summed E-state index contributed by atoms with van der Waals surface area (Å²) in [6.07, 6.45) is 3.38. The minimum absolute atomic E-state index is 0.417. The van der Waals surface area contributed by atoms with Crippen molar-refractivity contribution in [3.63, 3.8) is 0 Å². The summed E-state index contributed by atoms with van der Waals surface area (Å²) in [6, 6.07) is 8.55. The van der Waals surface area contributed by atoms with Crippen LogP contribution in [0.15, 0.2) is 24.3 Å². The number of nitrogens with zero attached hydrogens (tertiary/aromatic N) is 3. The van der Waals surface area contributed by atoms with Gasteiger partial charge >= 0.3 is 0 Å². The Labute approximate surface area is 140 Å². The average Bonchev–Trinajstić information content (AvgIpc) is 2.46. The van der Waals surface area contributed by atoms with E-state index < -0.39 is 10.0 Å². The molecule has 6 heteroatoms. The summed E-state index contributed by atoms with van der Waals surface area (Å²) in [5, 5.41) is 0. The highest BCUT2D eigenvalue weighted by molar-refractivity contribution is 7.88. The van der Waals surface area contributed by atoms with Gasteiger partial charge < -0.3 is 9.80 Å². The number of hydrogen-bond acceptors (Lipinski definition) is 4. The first kappa shape index (κ1) is 18.2. The van der Waals surface area contributed by atoms with Gasteiger partial charge in [0.2, 0.25) is 10.0 Å². The molecule has 0 N–H and O–H groups in total. The molecule has 0 bridgehead atoms. The Morgan fingerprint density at radius 2 is 2.00 bits per heavy atom. The van der Waals surface area contributed by atoms with Crippen LogP contribution in [0.4, 0.5) is 5.69 Å². The van der Waals surface area contributed by atoms with Crippen molar-refractivity contribution >= 4 is 15.7 Å². The third kappa shape index (κ3) is 5.48. The summed E-state index contributed by atoms with van der Waals surface area (Å²) in [7, 11) is 3.15. The summed E-state index contributed by atoms with van der Waals surface area (Å²) in [5.74, 6) is 0.417. The zero-order valence-corrected chi connectivity index (χ0v) is 15.5. The van der Waals surface area contributed by atoms with Crippen LogP contribution in [0.1, 0.15) is 18.4 Å². The molecule has 1 saturated heterocycles. The van der Waals surface area contributed by atoms with E-state index in [1.165, 1.54) is 17.5 Å². The molecule has 1 fully saturated rings. The van der Waals surface area contributed by atoms with Gasteiger partial charge in [0.15, 0.2) is 0 Å². The third-order valence-electron chi connectivity index (χ3n) is 4.40. The topological polar surface area (TPSA) is 43.9 Å². The van der Waals surface area contributed by atoms with Crippen molar-refractivity contribution in [2.75, 3.05) is 51.9 Å². The van der Waals surface area contributed by atoms with Gasteiger partial charge in [0, 0.05) is 46.0 Å². The molecule has 1 aromatic carbocycles. The van der Waals surface area contributed by atoms with Gasteiger partial charge in [-0.15, -0.1) is 0 Å². The lowest BCUT2D eigenvalue weighted by molar-refractivity contribution is 0.197. The van der Waals surface area contributed by atoms with Gasteiger partial charge in [0.05, 0.1) is 6.26 Å². The van der Waals surface area contributed by atoms with Gasteiger partial charge in [-0.05, 0) is 43.5 Å². The van der Waals surface area contributed by atoms with Crippen LogP contribution in [0, 0.1) is 5.92 Å². The molecule has 1 aliphatic rings. The number of anilines is 1. The van der Waals surface area contributed by atoms with Crippen LogP contribution in [0.25, 0.3) is 0 Å². The molecule has 0 unspecified atom stereocenters. The summed E-state index contributed by atoms with van der Waals surface area (Å²) in [6.45, 7) is 3.14. The standard InChI is InChI=1S/C17H29N3O2S/c1-18(2)17-9-5-7-15(11-17)12-19(3)13-16-8-6-10-20(14-16)23(4,21)22/h5,7,9,11,16H,6,8,10,12-14H2,1-4H3/t16-/m0/s1. The second-order valence-electron chi connectivity index (χ2n) is 6.89. The number of hydrogen-bond donors (Lipinski definition) is 0. The summed E-state index contributed by atoms with van der Waals surface area (Å²) >= 11 is 0. The van der Waals surface area contributed by atoms with E-state index in [4.69, 9.17) is 0 Å². The normalized spacial score (nSPS) is 20.0. The fraction of sp³-hybridized carbons (Fsp3) is 0.647. The Morgan fingerprint density at radius 1 is 1.26 bits per heavy atom. The van der Waals surface area contributed by atoms with Crippen LogP contribution in [0.5, 0.6) is 0 Å². The monoisotopic (exact) mass is 339 g/mol. The molecule has 0 saturated carbocycles. The molecular formula is C17H29N3O2S. The van der Waals surface area contributed by atoms with E-state index in [9.17, 15) is 8.42 Å². The summed E-state index contributed by atoms with van der Waals surface area (Å²) < 4.78 is 25.1. The van der Waals surface area contributed by atoms with Crippen LogP contribution in [0.3, 0.4) is 0 Å². The van der Waals surface area contributed by atoms with Crippen LogP contribution >= 0.6 is 0 Å². The average molecular weight is 340 g/mol. The Balaban J connectivity index is 1.92. The van der Waals surface area contributed by atoms with Gasteiger partial charge in [-0.1, -0.05) is 12.1 Å². The smallest absolute Gasteiger partial charge is 0.211 e. The van der Waals surface area contributed by atoms with Crippen LogP contribution in [0.2, 0.25) is 0 Å².